The minimum atomic E-state index is -0.316. The molecule has 0 aliphatic carbocycles. The Balaban J connectivity index is 2.57. The van der Waals surface area contributed by atoms with Crippen LogP contribution in [0.2, 0.25) is 0 Å². The zero-order valence-electron chi connectivity index (χ0n) is 9.60. The Labute approximate surface area is 95.7 Å². The molecule has 0 aliphatic rings. The monoisotopic (exact) mass is 220 g/mol. The SMILES string of the molecule is CCOC(=O)C=Cc1ccc(COC)cc1. The summed E-state index contributed by atoms with van der Waals surface area (Å²) in [5.74, 6) is -0.316. The molecule has 0 N–H and O–H groups in total. The van der Waals surface area contributed by atoms with E-state index in [1.54, 1.807) is 20.1 Å². The van der Waals surface area contributed by atoms with Crippen LogP contribution in [0.3, 0.4) is 0 Å². The number of carbonyl (C=O) groups is 1. The molecular formula is C13H16O3. The molecule has 1 rings (SSSR count). The second kappa shape index (κ2) is 6.80. The molecule has 0 atom stereocenters. The average molecular weight is 220 g/mol. The molecule has 86 valence electrons. The van der Waals surface area contributed by atoms with Gasteiger partial charge in [-0.25, -0.2) is 4.79 Å². The van der Waals surface area contributed by atoms with Gasteiger partial charge in [-0.05, 0) is 24.1 Å². The van der Waals surface area contributed by atoms with E-state index in [1.165, 1.54) is 6.08 Å². The van der Waals surface area contributed by atoms with E-state index in [0.717, 1.165) is 11.1 Å². The first-order chi connectivity index (χ1) is 7.76. The van der Waals surface area contributed by atoms with Gasteiger partial charge in [-0.2, -0.15) is 0 Å². The third kappa shape index (κ3) is 4.28. The first-order valence-electron chi connectivity index (χ1n) is 5.19. The van der Waals surface area contributed by atoms with Gasteiger partial charge in [0.2, 0.25) is 0 Å². The number of carbonyl (C=O) groups excluding carboxylic acids is 1. The fourth-order valence-electron chi connectivity index (χ4n) is 1.25. The van der Waals surface area contributed by atoms with Crippen LogP contribution in [-0.4, -0.2) is 19.7 Å². The maximum atomic E-state index is 11.1. The number of esters is 1. The third-order valence-corrected chi connectivity index (χ3v) is 1.99. The fraction of sp³-hybridized carbons (Fsp3) is 0.308. The summed E-state index contributed by atoms with van der Waals surface area (Å²) in [6.45, 7) is 2.78. The number of benzene rings is 1. The lowest BCUT2D eigenvalue weighted by molar-refractivity contribution is -0.137. The Morgan fingerprint density at radius 3 is 2.56 bits per heavy atom. The molecule has 0 aromatic heterocycles. The van der Waals surface area contributed by atoms with Crippen LogP contribution in [0.5, 0.6) is 0 Å². The number of rotatable bonds is 5. The van der Waals surface area contributed by atoms with E-state index >= 15 is 0 Å². The zero-order valence-corrected chi connectivity index (χ0v) is 9.60. The Hall–Kier alpha value is -1.61. The van der Waals surface area contributed by atoms with Crippen molar-refractivity contribution in [2.45, 2.75) is 13.5 Å². The van der Waals surface area contributed by atoms with Crippen LogP contribution in [0, 0.1) is 0 Å². The normalized spacial score (nSPS) is 10.6. The summed E-state index contributed by atoms with van der Waals surface area (Å²) in [4.78, 5) is 11.1. The maximum absolute atomic E-state index is 11.1. The maximum Gasteiger partial charge on any atom is 0.330 e. The first kappa shape index (κ1) is 12.5. The van der Waals surface area contributed by atoms with Crippen LogP contribution < -0.4 is 0 Å². The van der Waals surface area contributed by atoms with Gasteiger partial charge in [0, 0.05) is 13.2 Å². The summed E-state index contributed by atoms with van der Waals surface area (Å²) < 4.78 is 9.79. The van der Waals surface area contributed by atoms with Gasteiger partial charge in [0.25, 0.3) is 0 Å². The molecule has 1 aromatic rings. The summed E-state index contributed by atoms with van der Waals surface area (Å²) >= 11 is 0. The van der Waals surface area contributed by atoms with Crippen molar-refractivity contribution in [1.29, 1.82) is 0 Å². The highest BCUT2D eigenvalue weighted by molar-refractivity contribution is 5.86. The predicted molar refractivity (Wildman–Crippen MR) is 62.8 cm³/mol. The van der Waals surface area contributed by atoms with Gasteiger partial charge >= 0.3 is 5.97 Å². The van der Waals surface area contributed by atoms with Crippen LogP contribution >= 0.6 is 0 Å². The molecule has 0 radical (unpaired) electrons. The van der Waals surface area contributed by atoms with Crippen molar-refractivity contribution in [3.05, 3.63) is 41.5 Å². The number of hydrogen-bond donors (Lipinski definition) is 0. The first-order valence-corrected chi connectivity index (χ1v) is 5.19. The Morgan fingerprint density at radius 2 is 2.00 bits per heavy atom. The fourth-order valence-corrected chi connectivity index (χ4v) is 1.25. The van der Waals surface area contributed by atoms with Crippen LogP contribution in [-0.2, 0) is 20.9 Å². The molecule has 0 aliphatic heterocycles. The summed E-state index contributed by atoms with van der Waals surface area (Å²) in [7, 11) is 1.66. The highest BCUT2D eigenvalue weighted by Crippen LogP contribution is 2.07. The molecule has 0 unspecified atom stereocenters. The molecular weight excluding hydrogens is 204 g/mol. The van der Waals surface area contributed by atoms with Gasteiger partial charge in [-0.3, -0.25) is 0 Å². The summed E-state index contributed by atoms with van der Waals surface area (Å²) in [6, 6.07) is 7.80. The number of ether oxygens (including phenoxy) is 2. The van der Waals surface area contributed by atoms with E-state index < -0.39 is 0 Å². The molecule has 3 nitrogen and oxygen atoms in total. The van der Waals surface area contributed by atoms with Crippen molar-refractivity contribution >= 4 is 12.0 Å². The van der Waals surface area contributed by atoms with Crippen LogP contribution in [0.15, 0.2) is 30.3 Å². The molecule has 0 bridgehead atoms. The second-order valence-electron chi connectivity index (χ2n) is 3.26. The zero-order chi connectivity index (χ0) is 11.8. The van der Waals surface area contributed by atoms with Gasteiger partial charge in [0.05, 0.1) is 13.2 Å². The molecule has 16 heavy (non-hydrogen) atoms. The highest BCUT2D eigenvalue weighted by atomic mass is 16.5. The lowest BCUT2D eigenvalue weighted by atomic mass is 10.1. The lowest BCUT2D eigenvalue weighted by Gasteiger charge is -1.99. The molecule has 0 saturated heterocycles. The average Bonchev–Trinajstić information content (AvgIpc) is 2.29. The van der Waals surface area contributed by atoms with Gasteiger partial charge in [-0.15, -0.1) is 0 Å². The highest BCUT2D eigenvalue weighted by Gasteiger charge is 1.94. The molecule has 0 saturated carbocycles. The summed E-state index contributed by atoms with van der Waals surface area (Å²) in [5, 5.41) is 0. The van der Waals surface area contributed by atoms with E-state index in [4.69, 9.17) is 9.47 Å². The van der Waals surface area contributed by atoms with E-state index in [0.29, 0.717) is 13.2 Å². The summed E-state index contributed by atoms with van der Waals surface area (Å²) in [5.41, 5.74) is 2.07. The number of hydrogen-bond acceptors (Lipinski definition) is 3. The number of methoxy groups -OCH3 is 1. The Kier molecular flexibility index (Phi) is 5.29. The quantitative estimate of drug-likeness (QED) is 0.564. The summed E-state index contributed by atoms with van der Waals surface area (Å²) in [6.07, 6.45) is 3.16. The molecule has 3 heteroatoms. The van der Waals surface area contributed by atoms with Crippen molar-refractivity contribution in [2.75, 3.05) is 13.7 Å². The van der Waals surface area contributed by atoms with Crippen molar-refractivity contribution in [3.63, 3.8) is 0 Å². The molecule has 0 amide bonds. The van der Waals surface area contributed by atoms with Gasteiger partial charge in [-0.1, -0.05) is 24.3 Å². The van der Waals surface area contributed by atoms with Gasteiger partial charge < -0.3 is 9.47 Å². The van der Waals surface area contributed by atoms with Crippen LogP contribution in [0.25, 0.3) is 6.08 Å². The Bertz CT molecular complexity index is 352. The van der Waals surface area contributed by atoms with E-state index in [1.807, 2.05) is 24.3 Å². The Morgan fingerprint density at radius 1 is 1.31 bits per heavy atom. The molecule has 1 aromatic carbocycles. The minimum absolute atomic E-state index is 0.316. The standard InChI is InChI=1S/C13H16O3/c1-3-16-13(14)9-8-11-4-6-12(7-5-11)10-15-2/h4-9H,3,10H2,1-2H3. The lowest BCUT2D eigenvalue weighted by Crippen LogP contribution is -1.98. The predicted octanol–water partition coefficient (Wildman–Crippen LogP) is 2.41. The van der Waals surface area contributed by atoms with E-state index in [9.17, 15) is 4.79 Å². The minimum Gasteiger partial charge on any atom is -0.463 e. The van der Waals surface area contributed by atoms with Gasteiger partial charge in [0.15, 0.2) is 0 Å². The van der Waals surface area contributed by atoms with Crippen molar-refractivity contribution < 1.29 is 14.3 Å². The van der Waals surface area contributed by atoms with Crippen molar-refractivity contribution in [2.24, 2.45) is 0 Å². The van der Waals surface area contributed by atoms with E-state index in [-0.39, 0.29) is 5.97 Å². The second-order valence-corrected chi connectivity index (χ2v) is 3.26. The van der Waals surface area contributed by atoms with Crippen LogP contribution in [0.4, 0.5) is 0 Å². The smallest absolute Gasteiger partial charge is 0.330 e. The molecule has 0 spiro atoms. The van der Waals surface area contributed by atoms with Crippen molar-refractivity contribution in [1.82, 2.24) is 0 Å². The van der Waals surface area contributed by atoms with E-state index in [2.05, 4.69) is 0 Å². The largest absolute Gasteiger partial charge is 0.463 e. The topological polar surface area (TPSA) is 35.5 Å². The van der Waals surface area contributed by atoms with Crippen molar-refractivity contribution in [3.8, 4) is 0 Å². The molecule has 0 heterocycles. The van der Waals surface area contributed by atoms with Gasteiger partial charge in [0.1, 0.15) is 0 Å². The van der Waals surface area contributed by atoms with Crippen LogP contribution in [0.1, 0.15) is 18.1 Å². The third-order valence-electron chi connectivity index (χ3n) is 1.99. The molecule has 0 fully saturated rings.